The molecule has 0 saturated heterocycles. The second-order valence-electron chi connectivity index (χ2n) is 2.78. The number of nitro groups is 1. The number of carbonyl (C=O) groups excluding carboxylic acids is 1. The van der Waals surface area contributed by atoms with Crippen LogP contribution in [0.25, 0.3) is 6.08 Å². The Kier molecular flexibility index (Phi) is 3.17. The molecule has 0 amide bonds. The number of benzene rings is 1. The average molecular weight is 207 g/mol. The summed E-state index contributed by atoms with van der Waals surface area (Å²) in [6.45, 7) is 4.71. The van der Waals surface area contributed by atoms with E-state index in [-0.39, 0.29) is 11.4 Å². The summed E-state index contributed by atoms with van der Waals surface area (Å²) in [5, 5.41) is 10.6. The van der Waals surface area contributed by atoms with Crippen molar-refractivity contribution in [2.75, 3.05) is 0 Å². The van der Waals surface area contributed by atoms with Crippen molar-refractivity contribution in [2.24, 2.45) is 0 Å². The van der Waals surface area contributed by atoms with Crippen molar-refractivity contribution in [2.45, 2.75) is 6.92 Å². The van der Waals surface area contributed by atoms with Crippen LogP contribution in [0.15, 0.2) is 24.8 Å². The van der Waals surface area contributed by atoms with Gasteiger partial charge < -0.3 is 4.74 Å². The molecule has 0 N–H and O–H groups in total. The number of esters is 1. The molecular weight excluding hydrogens is 198 g/mol. The number of hydrogen-bond donors (Lipinski definition) is 0. The Bertz CT molecular complexity index is 425. The van der Waals surface area contributed by atoms with Crippen LogP contribution in [0.1, 0.15) is 12.5 Å². The first-order chi connectivity index (χ1) is 7.04. The highest BCUT2D eigenvalue weighted by atomic mass is 16.6. The van der Waals surface area contributed by atoms with E-state index in [0.29, 0.717) is 5.56 Å². The van der Waals surface area contributed by atoms with Crippen LogP contribution in [0, 0.1) is 10.1 Å². The molecule has 0 aliphatic heterocycles. The summed E-state index contributed by atoms with van der Waals surface area (Å²) in [6, 6.07) is 4.04. The number of rotatable bonds is 3. The third-order valence-electron chi connectivity index (χ3n) is 1.68. The van der Waals surface area contributed by atoms with Gasteiger partial charge in [-0.05, 0) is 12.1 Å². The van der Waals surface area contributed by atoms with Gasteiger partial charge in [0.15, 0.2) is 0 Å². The molecule has 1 rings (SSSR count). The zero-order valence-electron chi connectivity index (χ0n) is 8.10. The van der Waals surface area contributed by atoms with Gasteiger partial charge in [-0.3, -0.25) is 14.9 Å². The summed E-state index contributed by atoms with van der Waals surface area (Å²) in [5.74, 6) is -0.207. The number of carbonyl (C=O) groups is 1. The molecule has 15 heavy (non-hydrogen) atoms. The van der Waals surface area contributed by atoms with Crippen LogP contribution in [0.3, 0.4) is 0 Å². The van der Waals surface area contributed by atoms with Crippen LogP contribution >= 0.6 is 0 Å². The SMILES string of the molecule is C=Cc1cc(OC(C)=O)ccc1[N+](=O)[O-]. The molecule has 0 bridgehead atoms. The van der Waals surface area contributed by atoms with Crippen LogP contribution in [-0.4, -0.2) is 10.9 Å². The summed E-state index contributed by atoms with van der Waals surface area (Å²) in [7, 11) is 0. The van der Waals surface area contributed by atoms with E-state index in [9.17, 15) is 14.9 Å². The van der Waals surface area contributed by atoms with Gasteiger partial charge in [-0.25, -0.2) is 0 Å². The summed E-state index contributed by atoms with van der Waals surface area (Å²) in [6.07, 6.45) is 1.34. The number of ether oxygens (including phenoxy) is 1. The lowest BCUT2D eigenvalue weighted by molar-refractivity contribution is -0.385. The summed E-state index contributed by atoms with van der Waals surface area (Å²) < 4.78 is 4.78. The van der Waals surface area contributed by atoms with E-state index >= 15 is 0 Å². The Morgan fingerprint density at radius 2 is 2.27 bits per heavy atom. The molecule has 5 heteroatoms. The first-order valence-corrected chi connectivity index (χ1v) is 4.14. The van der Waals surface area contributed by atoms with E-state index in [1.165, 1.54) is 31.2 Å². The quantitative estimate of drug-likeness (QED) is 0.329. The first kappa shape index (κ1) is 10.9. The fourth-order valence-electron chi connectivity index (χ4n) is 1.09. The second kappa shape index (κ2) is 4.36. The molecule has 0 unspecified atom stereocenters. The third-order valence-corrected chi connectivity index (χ3v) is 1.68. The van der Waals surface area contributed by atoms with Crippen LogP contribution in [0.4, 0.5) is 5.69 Å². The van der Waals surface area contributed by atoms with E-state index < -0.39 is 10.9 Å². The van der Waals surface area contributed by atoms with E-state index in [4.69, 9.17) is 4.74 Å². The normalized spacial score (nSPS) is 9.40. The standard InChI is InChI=1S/C10H9NO4/c1-3-8-6-9(15-7(2)12)4-5-10(8)11(13)14/h3-6H,1H2,2H3. The maximum Gasteiger partial charge on any atom is 0.308 e. The molecule has 0 aromatic heterocycles. The van der Waals surface area contributed by atoms with E-state index in [2.05, 4.69) is 6.58 Å². The molecule has 0 spiro atoms. The smallest absolute Gasteiger partial charge is 0.308 e. The Labute approximate surface area is 86.1 Å². The molecule has 1 aromatic rings. The van der Waals surface area contributed by atoms with Gasteiger partial charge in [-0.2, -0.15) is 0 Å². The van der Waals surface area contributed by atoms with Crippen molar-refractivity contribution in [3.8, 4) is 5.75 Å². The van der Waals surface area contributed by atoms with E-state index in [0.717, 1.165) is 0 Å². The molecule has 0 saturated carbocycles. The van der Waals surface area contributed by atoms with Crippen LogP contribution in [-0.2, 0) is 4.79 Å². The van der Waals surface area contributed by atoms with Gasteiger partial charge in [0.1, 0.15) is 5.75 Å². The Hall–Kier alpha value is -2.17. The molecule has 0 aliphatic carbocycles. The lowest BCUT2D eigenvalue weighted by Gasteiger charge is -2.02. The molecule has 78 valence electrons. The molecule has 0 heterocycles. The van der Waals surface area contributed by atoms with Gasteiger partial charge in [0.05, 0.1) is 10.5 Å². The van der Waals surface area contributed by atoms with E-state index in [1.807, 2.05) is 0 Å². The van der Waals surface area contributed by atoms with Gasteiger partial charge in [0.25, 0.3) is 5.69 Å². The predicted octanol–water partition coefficient (Wildman–Crippen LogP) is 2.16. The summed E-state index contributed by atoms with van der Waals surface area (Å²) >= 11 is 0. The van der Waals surface area contributed by atoms with Gasteiger partial charge >= 0.3 is 5.97 Å². The van der Waals surface area contributed by atoms with Gasteiger partial charge in [0.2, 0.25) is 0 Å². The molecule has 1 aromatic carbocycles. The molecule has 0 aliphatic rings. The van der Waals surface area contributed by atoms with Crippen molar-refractivity contribution in [3.63, 3.8) is 0 Å². The zero-order chi connectivity index (χ0) is 11.4. The Balaban J connectivity index is 3.13. The lowest BCUT2D eigenvalue weighted by Crippen LogP contribution is -2.02. The van der Waals surface area contributed by atoms with Crippen LogP contribution in [0.5, 0.6) is 5.75 Å². The molecule has 5 nitrogen and oxygen atoms in total. The summed E-state index contributed by atoms with van der Waals surface area (Å²) in [4.78, 5) is 20.7. The highest BCUT2D eigenvalue weighted by Gasteiger charge is 2.12. The fraction of sp³-hybridized carbons (Fsp3) is 0.100. The Morgan fingerprint density at radius 1 is 1.60 bits per heavy atom. The number of nitro benzene ring substituents is 1. The summed E-state index contributed by atoms with van der Waals surface area (Å²) in [5.41, 5.74) is 0.250. The predicted molar refractivity (Wildman–Crippen MR) is 54.5 cm³/mol. The van der Waals surface area contributed by atoms with Crippen molar-refractivity contribution in [3.05, 3.63) is 40.5 Å². The third kappa shape index (κ3) is 2.63. The van der Waals surface area contributed by atoms with Crippen molar-refractivity contribution >= 4 is 17.7 Å². The van der Waals surface area contributed by atoms with Crippen LogP contribution < -0.4 is 4.74 Å². The van der Waals surface area contributed by atoms with Crippen molar-refractivity contribution in [1.29, 1.82) is 0 Å². The minimum absolute atomic E-state index is 0.0686. The maximum absolute atomic E-state index is 10.6. The minimum Gasteiger partial charge on any atom is -0.427 e. The average Bonchev–Trinajstić information content (AvgIpc) is 2.16. The molecule has 0 atom stereocenters. The molecule has 0 fully saturated rings. The molecule has 0 radical (unpaired) electrons. The number of nitrogens with zero attached hydrogens (tertiary/aromatic N) is 1. The highest BCUT2D eigenvalue weighted by Crippen LogP contribution is 2.24. The zero-order valence-corrected chi connectivity index (χ0v) is 8.10. The van der Waals surface area contributed by atoms with Gasteiger partial charge in [-0.15, -0.1) is 0 Å². The molecular formula is C10H9NO4. The largest absolute Gasteiger partial charge is 0.427 e. The lowest BCUT2D eigenvalue weighted by atomic mass is 10.1. The first-order valence-electron chi connectivity index (χ1n) is 4.14. The highest BCUT2D eigenvalue weighted by molar-refractivity contribution is 5.70. The fourth-order valence-corrected chi connectivity index (χ4v) is 1.09. The van der Waals surface area contributed by atoms with E-state index in [1.54, 1.807) is 0 Å². The van der Waals surface area contributed by atoms with Crippen molar-refractivity contribution < 1.29 is 14.5 Å². The van der Waals surface area contributed by atoms with Gasteiger partial charge in [0, 0.05) is 13.0 Å². The second-order valence-corrected chi connectivity index (χ2v) is 2.78. The monoisotopic (exact) mass is 207 g/mol. The van der Waals surface area contributed by atoms with Crippen molar-refractivity contribution in [1.82, 2.24) is 0 Å². The maximum atomic E-state index is 10.6. The van der Waals surface area contributed by atoms with Gasteiger partial charge in [-0.1, -0.05) is 12.7 Å². The minimum atomic E-state index is -0.519. The topological polar surface area (TPSA) is 69.4 Å². The Morgan fingerprint density at radius 3 is 2.73 bits per heavy atom. The van der Waals surface area contributed by atoms with Crippen LogP contribution in [0.2, 0.25) is 0 Å². The number of hydrogen-bond acceptors (Lipinski definition) is 4.